The highest BCUT2D eigenvalue weighted by atomic mass is 32.2. The standard InChI is InChI=1S/C9H20O4S3/c1-7(11)4-15-6-9(13)16-8(12)5-14-3-2-10/h7-13H,2-6H2,1H3. The zero-order chi connectivity index (χ0) is 12.4. The third kappa shape index (κ3) is 11.4. The highest BCUT2D eigenvalue weighted by Gasteiger charge is 2.12. The Hall–Kier alpha value is 0.890. The molecule has 0 amide bonds. The smallest absolute Gasteiger partial charge is 0.111 e. The van der Waals surface area contributed by atoms with Gasteiger partial charge in [0, 0.05) is 23.0 Å². The molecule has 7 heteroatoms. The third-order valence-electron chi connectivity index (χ3n) is 1.43. The summed E-state index contributed by atoms with van der Waals surface area (Å²) in [5, 5.41) is 36.6. The van der Waals surface area contributed by atoms with Gasteiger partial charge in [-0.3, -0.25) is 0 Å². The van der Waals surface area contributed by atoms with Crippen molar-refractivity contribution in [2.45, 2.75) is 23.9 Å². The van der Waals surface area contributed by atoms with Crippen LogP contribution in [0.4, 0.5) is 0 Å². The van der Waals surface area contributed by atoms with E-state index in [9.17, 15) is 10.2 Å². The van der Waals surface area contributed by atoms with E-state index in [0.29, 0.717) is 23.0 Å². The van der Waals surface area contributed by atoms with Crippen LogP contribution >= 0.6 is 35.3 Å². The fourth-order valence-corrected chi connectivity index (χ4v) is 3.59. The second-order valence-electron chi connectivity index (χ2n) is 3.23. The first-order valence-electron chi connectivity index (χ1n) is 5.02. The first-order valence-corrected chi connectivity index (χ1v) is 8.27. The summed E-state index contributed by atoms with van der Waals surface area (Å²) in [5.74, 6) is 2.19. The van der Waals surface area contributed by atoms with Crippen molar-refractivity contribution in [1.29, 1.82) is 0 Å². The summed E-state index contributed by atoms with van der Waals surface area (Å²) < 4.78 is 0. The fraction of sp³-hybridized carbons (Fsp3) is 1.00. The maximum atomic E-state index is 9.53. The van der Waals surface area contributed by atoms with Crippen molar-refractivity contribution < 1.29 is 20.4 Å². The molecule has 0 bridgehead atoms. The number of thioether (sulfide) groups is 3. The van der Waals surface area contributed by atoms with Crippen LogP contribution in [0.1, 0.15) is 6.92 Å². The molecule has 0 aliphatic heterocycles. The van der Waals surface area contributed by atoms with Crippen LogP contribution in [-0.4, -0.2) is 67.0 Å². The van der Waals surface area contributed by atoms with Crippen LogP contribution in [0.15, 0.2) is 0 Å². The minimum Gasteiger partial charge on any atom is -0.396 e. The summed E-state index contributed by atoms with van der Waals surface area (Å²) in [6, 6.07) is 0. The van der Waals surface area contributed by atoms with E-state index in [1.165, 1.54) is 23.5 Å². The van der Waals surface area contributed by atoms with Crippen molar-refractivity contribution in [1.82, 2.24) is 0 Å². The molecule has 0 aliphatic carbocycles. The van der Waals surface area contributed by atoms with Gasteiger partial charge in [0.05, 0.1) is 12.7 Å². The molecule has 98 valence electrons. The van der Waals surface area contributed by atoms with E-state index >= 15 is 0 Å². The summed E-state index contributed by atoms with van der Waals surface area (Å²) in [5.41, 5.74) is -1.23. The van der Waals surface area contributed by atoms with Gasteiger partial charge in [-0.25, -0.2) is 0 Å². The third-order valence-corrected chi connectivity index (χ3v) is 5.11. The Morgan fingerprint density at radius 2 is 1.50 bits per heavy atom. The highest BCUT2D eigenvalue weighted by Crippen LogP contribution is 2.21. The fourth-order valence-electron chi connectivity index (χ4n) is 0.848. The molecule has 3 atom stereocenters. The van der Waals surface area contributed by atoms with Crippen molar-refractivity contribution in [3.8, 4) is 0 Å². The molecule has 3 unspecified atom stereocenters. The second-order valence-corrected chi connectivity index (χ2v) is 6.82. The van der Waals surface area contributed by atoms with Crippen LogP contribution in [0, 0.1) is 0 Å². The quantitative estimate of drug-likeness (QED) is 0.338. The van der Waals surface area contributed by atoms with Gasteiger partial charge in [0.15, 0.2) is 0 Å². The molecule has 0 aromatic rings. The van der Waals surface area contributed by atoms with Gasteiger partial charge in [-0.1, -0.05) is 11.8 Å². The van der Waals surface area contributed by atoms with Gasteiger partial charge in [-0.2, -0.15) is 23.5 Å². The summed E-state index contributed by atoms with van der Waals surface area (Å²) >= 11 is 4.02. The summed E-state index contributed by atoms with van der Waals surface area (Å²) in [6.45, 7) is 1.81. The molecule has 0 rings (SSSR count). The average molecular weight is 288 g/mol. The molecular formula is C9H20O4S3. The summed E-state index contributed by atoms with van der Waals surface area (Å²) in [7, 11) is 0. The average Bonchev–Trinajstić information content (AvgIpc) is 2.17. The van der Waals surface area contributed by atoms with E-state index in [1.54, 1.807) is 6.92 Å². The largest absolute Gasteiger partial charge is 0.396 e. The van der Waals surface area contributed by atoms with Crippen LogP contribution in [0.3, 0.4) is 0 Å². The van der Waals surface area contributed by atoms with Crippen LogP contribution in [0.25, 0.3) is 0 Å². The van der Waals surface area contributed by atoms with Crippen molar-refractivity contribution in [2.24, 2.45) is 0 Å². The van der Waals surface area contributed by atoms with Crippen molar-refractivity contribution >= 4 is 35.3 Å². The van der Waals surface area contributed by atoms with Gasteiger partial charge in [0.2, 0.25) is 0 Å². The van der Waals surface area contributed by atoms with Crippen LogP contribution in [0.2, 0.25) is 0 Å². The van der Waals surface area contributed by atoms with E-state index in [2.05, 4.69) is 0 Å². The van der Waals surface area contributed by atoms with Crippen molar-refractivity contribution in [3.05, 3.63) is 0 Å². The van der Waals surface area contributed by atoms with E-state index < -0.39 is 10.9 Å². The van der Waals surface area contributed by atoms with Crippen molar-refractivity contribution in [2.75, 3.05) is 29.6 Å². The van der Waals surface area contributed by atoms with Gasteiger partial charge in [-0.15, -0.1) is 0 Å². The number of hydrogen-bond donors (Lipinski definition) is 4. The van der Waals surface area contributed by atoms with E-state index in [-0.39, 0.29) is 12.7 Å². The summed E-state index contributed by atoms with van der Waals surface area (Å²) in [4.78, 5) is 0. The number of aliphatic hydroxyl groups excluding tert-OH is 4. The molecule has 4 nitrogen and oxygen atoms in total. The molecule has 0 saturated heterocycles. The first-order chi connectivity index (χ1) is 7.56. The molecule has 0 saturated carbocycles. The zero-order valence-corrected chi connectivity index (χ0v) is 11.7. The topological polar surface area (TPSA) is 80.9 Å². The predicted octanol–water partition coefficient (Wildman–Crippen LogP) is 0.196. The number of rotatable bonds is 10. The van der Waals surface area contributed by atoms with E-state index in [1.807, 2.05) is 0 Å². The van der Waals surface area contributed by atoms with Crippen molar-refractivity contribution in [3.63, 3.8) is 0 Å². The Balaban J connectivity index is 3.42. The molecule has 0 heterocycles. The molecule has 0 aliphatic rings. The molecule has 16 heavy (non-hydrogen) atoms. The predicted molar refractivity (Wildman–Crippen MR) is 73.0 cm³/mol. The second kappa shape index (κ2) is 11.0. The molecule has 0 fully saturated rings. The molecule has 0 aromatic carbocycles. The van der Waals surface area contributed by atoms with E-state index in [4.69, 9.17) is 10.2 Å². The lowest BCUT2D eigenvalue weighted by Crippen LogP contribution is -2.16. The Morgan fingerprint density at radius 1 is 0.938 bits per heavy atom. The Bertz CT molecular complexity index is 160. The Kier molecular flexibility index (Phi) is 11.6. The number of aliphatic hydroxyl groups is 4. The van der Waals surface area contributed by atoms with Gasteiger partial charge < -0.3 is 20.4 Å². The lowest BCUT2D eigenvalue weighted by atomic mass is 10.5. The van der Waals surface area contributed by atoms with Crippen LogP contribution in [0.5, 0.6) is 0 Å². The Labute approximate surface area is 109 Å². The van der Waals surface area contributed by atoms with E-state index in [0.717, 1.165) is 11.8 Å². The molecule has 4 N–H and O–H groups in total. The normalized spacial score (nSPS) is 17.1. The van der Waals surface area contributed by atoms with Gasteiger partial charge in [-0.05, 0) is 6.92 Å². The molecule has 0 aromatic heterocycles. The number of hydrogen-bond acceptors (Lipinski definition) is 7. The minimum atomic E-state index is -0.617. The van der Waals surface area contributed by atoms with Crippen LogP contribution < -0.4 is 0 Å². The highest BCUT2D eigenvalue weighted by molar-refractivity contribution is 8.05. The molecule has 0 radical (unpaired) electrons. The molecular weight excluding hydrogens is 268 g/mol. The maximum Gasteiger partial charge on any atom is 0.111 e. The van der Waals surface area contributed by atoms with Gasteiger partial charge in [0.1, 0.15) is 10.9 Å². The Morgan fingerprint density at radius 3 is 2.00 bits per heavy atom. The monoisotopic (exact) mass is 288 g/mol. The lowest BCUT2D eigenvalue weighted by Gasteiger charge is -2.15. The maximum absolute atomic E-state index is 9.53. The SMILES string of the molecule is CC(O)CSCC(O)SC(O)CSCCO. The zero-order valence-electron chi connectivity index (χ0n) is 9.28. The first kappa shape index (κ1) is 16.9. The molecule has 0 spiro atoms. The minimum absolute atomic E-state index is 0.106. The van der Waals surface area contributed by atoms with Crippen LogP contribution in [-0.2, 0) is 0 Å². The van der Waals surface area contributed by atoms with Gasteiger partial charge >= 0.3 is 0 Å². The van der Waals surface area contributed by atoms with Gasteiger partial charge in [0.25, 0.3) is 0 Å². The lowest BCUT2D eigenvalue weighted by molar-refractivity contribution is 0.220. The summed E-state index contributed by atoms with van der Waals surface area (Å²) in [6.07, 6.45) is -0.368.